The van der Waals surface area contributed by atoms with E-state index in [1.165, 1.54) is 37.7 Å². The van der Waals surface area contributed by atoms with E-state index in [0.29, 0.717) is 0 Å². The Morgan fingerprint density at radius 1 is 0.895 bits per heavy atom. The van der Waals surface area contributed by atoms with Gasteiger partial charge in [-0.05, 0) is 37.1 Å². The highest BCUT2D eigenvalue weighted by Gasteiger charge is 1.96. The number of hydrogen-bond acceptors (Lipinski definition) is 2. The molecule has 0 atom stereocenters. The van der Waals surface area contributed by atoms with Crippen molar-refractivity contribution in [2.45, 2.75) is 58.9 Å². The van der Waals surface area contributed by atoms with E-state index in [4.69, 9.17) is 4.74 Å². The maximum Gasteiger partial charge on any atom is 0.119 e. The number of hydrogen-bond donors (Lipinski definition) is 1. The molecule has 0 aliphatic heterocycles. The fraction of sp³-hybridized carbons (Fsp3) is 0.647. The number of rotatable bonds is 11. The third-order valence-corrected chi connectivity index (χ3v) is 3.23. The number of benzene rings is 1. The lowest BCUT2D eigenvalue weighted by Gasteiger charge is -2.08. The molecule has 0 radical (unpaired) electrons. The molecule has 0 bridgehead atoms. The zero-order chi connectivity index (χ0) is 13.8. The van der Waals surface area contributed by atoms with Gasteiger partial charge in [-0.25, -0.2) is 0 Å². The van der Waals surface area contributed by atoms with Crippen LogP contribution in [0.15, 0.2) is 24.3 Å². The summed E-state index contributed by atoms with van der Waals surface area (Å²) in [5, 5.41) is 3.48. The van der Waals surface area contributed by atoms with Crippen molar-refractivity contribution in [3.8, 4) is 5.75 Å². The summed E-state index contributed by atoms with van der Waals surface area (Å²) >= 11 is 0. The van der Waals surface area contributed by atoms with Gasteiger partial charge in [-0.15, -0.1) is 0 Å². The zero-order valence-corrected chi connectivity index (χ0v) is 12.6. The van der Waals surface area contributed by atoms with Crippen LogP contribution in [0.5, 0.6) is 5.75 Å². The van der Waals surface area contributed by atoms with Gasteiger partial charge >= 0.3 is 0 Å². The number of ether oxygens (including phenoxy) is 1. The first-order chi connectivity index (χ1) is 9.36. The molecule has 108 valence electrons. The van der Waals surface area contributed by atoms with Crippen molar-refractivity contribution in [1.29, 1.82) is 0 Å². The van der Waals surface area contributed by atoms with Crippen LogP contribution in [-0.2, 0) is 6.54 Å². The Balaban J connectivity index is 2.16. The molecule has 0 unspecified atom stereocenters. The predicted molar refractivity (Wildman–Crippen MR) is 82.7 cm³/mol. The van der Waals surface area contributed by atoms with Gasteiger partial charge in [-0.2, -0.15) is 0 Å². The van der Waals surface area contributed by atoms with E-state index in [9.17, 15) is 0 Å². The van der Waals surface area contributed by atoms with Gasteiger partial charge < -0.3 is 10.1 Å². The summed E-state index contributed by atoms with van der Waals surface area (Å²) in [7, 11) is 0. The molecule has 0 aliphatic rings. The first-order valence-electron chi connectivity index (χ1n) is 7.79. The largest absolute Gasteiger partial charge is 0.494 e. The van der Waals surface area contributed by atoms with Crippen LogP contribution >= 0.6 is 0 Å². The Hall–Kier alpha value is -1.02. The molecule has 0 saturated heterocycles. The Morgan fingerprint density at radius 3 is 2.26 bits per heavy atom. The van der Waals surface area contributed by atoms with Crippen LogP contribution in [0.2, 0.25) is 0 Å². The number of unbranched alkanes of at least 4 members (excludes halogenated alkanes) is 4. The summed E-state index contributed by atoms with van der Waals surface area (Å²) in [6.45, 7) is 7.35. The normalized spacial score (nSPS) is 10.6. The molecular weight excluding hydrogens is 234 g/mol. The topological polar surface area (TPSA) is 21.3 Å². The van der Waals surface area contributed by atoms with Crippen molar-refractivity contribution >= 4 is 0 Å². The fourth-order valence-electron chi connectivity index (χ4n) is 1.98. The van der Waals surface area contributed by atoms with E-state index in [-0.39, 0.29) is 0 Å². The Kier molecular flexibility index (Phi) is 9.17. The van der Waals surface area contributed by atoms with Crippen LogP contribution in [0, 0.1) is 0 Å². The summed E-state index contributed by atoms with van der Waals surface area (Å²) in [5.41, 5.74) is 1.33. The van der Waals surface area contributed by atoms with Crippen LogP contribution in [0.3, 0.4) is 0 Å². The molecule has 0 amide bonds. The van der Waals surface area contributed by atoms with Gasteiger partial charge in [0.15, 0.2) is 0 Å². The van der Waals surface area contributed by atoms with Crippen molar-refractivity contribution in [3.63, 3.8) is 0 Å². The lowest BCUT2D eigenvalue weighted by atomic mass is 10.2. The molecule has 0 heterocycles. The third-order valence-electron chi connectivity index (χ3n) is 3.23. The summed E-state index contributed by atoms with van der Waals surface area (Å²) < 4.78 is 5.70. The summed E-state index contributed by atoms with van der Waals surface area (Å²) in [5.74, 6) is 0.992. The maximum atomic E-state index is 5.70. The van der Waals surface area contributed by atoms with Crippen LogP contribution in [0.4, 0.5) is 0 Å². The fourth-order valence-corrected chi connectivity index (χ4v) is 1.98. The molecule has 1 rings (SSSR count). The lowest BCUT2D eigenvalue weighted by Crippen LogP contribution is -2.14. The third kappa shape index (κ3) is 7.89. The van der Waals surface area contributed by atoms with Gasteiger partial charge in [0.25, 0.3) is 0 Å². The second-order valence-electron chi connectivity index (χ2n) is 5.08. The second kappa shape index (κ2) is 10.9. The summed E-state index contributed by atoms with van der Waals surface area (Å²) in [6, 6.07) is 8.47. The molecule has 0 aromatic heterocycles. The predicted octanol–water partition coefficient (Wildman–Crippen LogP) is 4.54. The van der Waals surface area contributed by atoms with E-state index in [2.05, 4.69) is 43.4 Å². The van der Waals surface area contributed by atoms with Gasteiger partial charge in [0, 0.05) is 6.54 Å². The van der Waals surface area contributed by atoms with E-state index in [1.807, 2.05) is 0 Å². The van der Waals surface area contributed by atoms with Crippen molar-refractivity contribution in [3.05, 3.63) is 29.8 Å². The van der Waals surface area contributed by atoms with E-state index >= 15 is 0 Å². The summed E-state index contributed by atoms with van der Waals surface area (Å²) in [4.78, 5) is 0. The molecule has 19 heavy (non-hydrogen) atoms. The standard InChI is InChI=1S/C17H29NO/c1-3-5-7-13-18-15-16-9-11-17(12-10-16)19-14-8-6-4-2/h9-12,18H,3-8,13-15H2,1-2H3. The maximum absolute atomic E-state index is 5.70. The molecule has 0 spiro atoms. The second-order valence-corrected chi connectivity index (χ2v) is 5.08. The Labute approximate surface area is 118 Å². The van der Waals surface area contributed by atoms with Gasteiger partial charge in [0.2, 0.25) is 0 Å². The first-order valence-corrected chi connectivity index (χ1v) is 7.79. The molecule has 1 aromatic carbocycles. The highest BCUT2D eigenvalue weighted by Crippen LogP contribution is 2.12. The minimum absolute atomic E-state index is 0.836. The van der Waals surface area contributed by atoms with Crippen molar-refractivity contribution in [2.24, 2.45) is 0 Å². The molecule has 2 nitrogen and oxygen atoms in total. The van der Waals surface area contributed by atoms with E-state index < -0.39 is 0 Å². The van der Waals surface area contributed by atoms with Crippen LogP contribution in [-0.4, -0.2) is 13.2 Å². The average Bonchev–Trinajstić information content (AvgIpc) is 2.45. The van der Waals surface area contributed by atoms with Gasteiger partial charge in [0.1, 0.15) is 5.75 Å². The molecule has 0 saturated carbocycles. The minimum Gasteiger partial charge on any atom is -0.494 e. The summed E-state index contributed by atoms with van der Waals surface area (Å²) in [6.07, 6.45) is 7.52. The lowest BCUT2D eigenvalue weighted by molar-refractivity contribution is 0.306. The Bertz CT molecular complexity index is 308. The molecule has 1 aromatic rings. The van der Waals surface area contributed by atoms with Crippen molar-refractivity contribution in [1.82, 2.24) is 5.32 Å². The van der Waals surface area contributed by atoms with Gasteiger partial charge in [0.05, 0.1) is 6.61 Å². The molecule has 0 fully saturated rings. The van der Waals surface area contributed by atoms with Crippen LogP contribution < -0.4 is 10.1 Å². The molecule has 0 aliphatic carbocycles. The minimum atomic E-state index is 0.836. The average molecular weight is 263 g/mol. The van der Waals surface area contributed by atoms with E-state index in [1.54, 1.807) is 0 Å². The smallest absolute Gasteiger partial charge is 0.119 e. The quantitative estimate of drug-likeness (QED) is 0.592. The SMILES string of the molecule is CCCCCNCc1ccc(OCCCCC)cc1. The monoisotopic (exact) mass is 263 g/mol. The van der Waals surface area contributed by atoms with Crippen LogP contribution in [0.25, 0.3) is 0 Å². The molecule has 2 heteroatoms. The van der Waals surface area contributed by atoms with Gasteiger partial charge in [-0.3, -0.25) is 0 Å². The van der Waals surface area contributed by atoms with Crippen molar-refractivity contribution < 1.29 is 4.74 Å². The molecular formula is C17H29NO. The van der Waals surface area contributed by atoms with E-state index in [0.717, 1.165) is 31.9 Å². The first kappa shape index (κ1) is 16.0. The Morgan fingerprint density at radius 2 is 1.58 bits per heavy atom. The zero-order valence-electron chi connectivity index (χ0n) is 12.6. The highest BCUT2D eigenvalue weighted by molar-refractivity contribution is 5.27. The molecule has 1 N–H and O–H groups in total. The number of nitrogens with one attached hydrogen (secondary N) is 1. The van der Waals surface area contributed by atoms with Gasteiger partial charge in [-0.1, -0.05) is 51.7 Å². The van der Waals surface area contributed by atoms with Crippen LogP contribution in [0.1, 0.15) is 57.9 Å². The van der Waals surface area contributed by atoms with Crippen molar-refractivity contribution in [2.75, 3.05) is 13.2 Å². The highest BCUT2D eigenvalue weighted by atomic mass is 16.5.